The zero-order valence-electron chi connectivity index (χ0n) is 28.0. The molecule has 252 valence electrons. The van der Waals surface area contributed by atoms with E-state index < -0.39 is 70.2 Å². The summed E-state index contributed by atoms with van der Waals surface area (Å²) in [6.45, 7) is 16.4. The van der Waals surface area contributed by atoms with Gasteiger partial charge in [-0.1, -0.05) is 41.5 Å². The third-order valence-electron chi connectivity index (χ3n) is 15.4. The van der Waals surface area contributed by atoms with Crippen molar-refractivity contribution in [3.05, 3.63) is 0 Å². The van der Waals surface area contributed by atoms with Crippen molar-refractivity contribution in [1.82, 2.24) is 0 Å². The second kappa shape index (κ2) is 9.94. The maximum absolute atomic E-state index is 13.1. The number of ether oxygens (including phenoxy) is 2. The minimum atomic E-state index is -1.53. The van der Waals surface area contributed by atoms with Gasteiger partial charge in [0.2, 0.25) is 0 Å². The molecule has 5 saturated carbocycles. The zero-order valence-corrected chi connectivity index (χ0v) is 28.0. The number of fused-ring (bicyclic) bond motifs is 7. The fourth-order valence-corrected chi connectivity index (χ4v) is 13.1. The fraction of sp³-hybridized carbons (Fsp3) is 0.971. The Hall–Kier alpha value is -0.650. The largest absolute Gasteiger partial charge is 0.393 e. The Morgan fingerprint density at radius 1 is 0.818 bits per heavy atom. The molecule has 44 heavy (non-hydrogen) atoms. The number of rotatable bonds is 3. The molecule has 0 bridgehead atoms. The van der Waals surface area contributed by atoms with Gasteiger partial charge < -0.3 is 40.1 Å². The molecule has 1 heterocycles. The highest BCUT2D eigenvalue weighted by atomic mass is 16.7. The Bertz CT molecular complexity index is 1170. The van der Waals surface area contributed by atoms with Crippen LogP contribution < -0.4 is 0 Å². The molecule has 15 atom stereocenters. The van der Waals surface area contributed by atoms with Gasteiger partial charge in [-0.05, 0) is 98.2 Å². The Balaban J connectivity index is 1.46. The van der Waals surface area contributed by atoms with E-state index in [2.05, 4.69) is 41.5 Å². The van der Waals surface area contributed by atoms with Gasteiger partial charge in [-0.3, -0.25) is 4.79 Å². The summed E-state index contributed by atoms with van der Waals surface area (Å²) in [5.74, 6) is -0.0330. The first-order valence-corrected chi connectivity index (χ1v) is 17.1. The minimum absolute atomic E-state index is 0.125. The number of hydrogen-bond donors (Lipinski definition) is 6. The van der Waals surface area contributed by atoms with Crippen molar-refractivity contribution in [2.24, 2.45) is 50.7 Å². The van der Waals surface area contributed by atoms with E-state index in [9.17, 15) is 35.4 Å². The molecule has 6 aliphatic rings. The maximum atomic E-state index is 13.1. The summed E-state index contributed by atoms with van der Waals surface area (Å²) >= 11 is 0. The second-order valence-electron chi connectivity index (χ2n) is 18.0. The van der Waals surface area contributed by atoms with E-state index in [1.807, 2.05) is 0 Å². The number of hydrogen-bond acceptors (Lipinski definition) is 9. The smallest absolute Gasteiger partial charge is 0.186 e. The predicted molar refractivity (Wildman–Crippen MR) is 162 cm³/mol. The van der Waals surface area contributed by atoms with Gasteiger partial charge in [0.05, 0.1) is 30.0 Å². The molecule has 0 aromatic heterocycles. The van der Waals surface area contributed by atoms with Crippen LogP contribution in [0.25, 0.3) is 0 Å². The highest BCUT2D eigenvalue weighted by molar-refractivity contribution is 5.85. The molecular formula is C35H58O9. The van der Waals surface area contributed by atoms with E-state index in [4.69, 9.17) is 9.47 Å². The van der Waals surface area contributed by atoms with Gasteiger partial charge in [0.1, 0.15) is 24.1 Å². The van der Waals surface area contributed by atoms with Crippen LogP contribution in [0.2, 0.25) is 0 Å². The zero-order chi connectivity index (χ0) is 32.6. The van der Waals surface area contributed by atoms with Gasteiger partial charge in [-0.2, -0.15) is 0 Å². The van der Waals surface area contributed by atoms with Crippen molar-refractivity contribution in [2.75, 3.05) is 6.61 Å². The topological polar surface area (TPSA) is 157 Å². The predicted octanol–water partition coefficient (Wildman–Crippen LogP) is 2.95. The van der Waals surface area contributed by atoms with Crippen LogP contribution in [-0.2, 0) is 14.3 Å². The minimum Gasteiger partial charge on any atom is -0.393 e. The number of Topliss-reactive ketones (excluding diaryl/α,β-unsaturated/α-hetero) is 1. The van der Waals surface area contributed by atoms with Crippen LogP contribution >= 0.6 is 0 Å². The molecule has 0 aromatic rings. The lowest BCUT2D eigenvalue weighted by Crippen LogP contribution is -2.73. The monoisotopic (exact) mass is 622 g/mol. The van der Waals surface area contributed by atoms with Crippen molar-refractivity contribution in [3.63, 3.8) is 0 Å². The van der Waals surface area contributed by atoms with Crippen LogP contribution in [0.15, 0.2) is 0 Å². The van der Waals surface area contributed by atoms with Crippen LogP contribution in [-0.4, -0.2) is 91.0 Å². The van der Waals surface area contributed by atoms with Gasteiger partial charge in [-0.25, -0.2) is 0 Å². The van der Waals surface area contributed by atoms with Crippen LogP contribution in [0.1, 0.15) is 107 Å². The number of carbonyl (C=O) groups excluding carboxylic acids is 1. The molecule has 1 aliphatic heterocycles. The van der Waals surface area contributed by atoms with Gasteiger partial charge in [0.15, 0.2) is 6.29 Å². The summed E-state index contributed by atoms with van der Waals surface area (Å²) in [4.78, 5) is 13.1. The Morgan fingerprint density at radius 2 is 1.48 bits per heavy atom. The van der Waals surface area contributed by atoms with Crippen LogP contribution in [0.4, 0.5) is 0 Å². The maximum Gasteiger partial charge on any atom is 0.186 e. The van der Waals surface area contributed by atoms with E-state index in [0.717, 1.165) is 19.3 Å². The highest BCUT2D eigenvalue weighted by Gasteiger charge is 2.77. The number of ketones is 1. The molecule has 6 fully saturated rings. The summed E-state index contributed by atoms with van der Waals surface area (Å²) in [6, 6.07) is 0. The summed E-state index contributed by atoms with van der Waals surface area (Å²) in [5.41, 5.74) is -4.82. The molecule has 0 spiro atoms. The summed E-state index contributed by atoms with van der Waals surface area (Å²) in [6.07, 6.45) is -1.45. The van der Waals surface area contributed by atoms with Crippen LogP contribution in [0.5, 0.6) is 0 Å². The number of aliphatic hydroxyl groups is 6. The van der Waals surface area contributed by atoms with E-state index in [1.54, 1.807) is 13.8 Å². The Labute approximate surface area is 262 Å². The molecule has 6 N–H and O–H groups in total. The van der Waals surface area contributed by atoms with Crippen molar-refractivity contribution < 1.29 is 44.9 Å². The average molecular weight is 623 g/mol. The molecule has 1 unspecified atom stereocenters. The molecule has 0 radical (unpaired) electrons. The van der Waals surface area contributed by atoms with Crippen molar-refractivity contribution in [2.45, 2.75) is 155 Å². The van der Waals surface area contributed by atoms with E-state index >= 15 is 0 Å². The van der Waals surface area contributed by atoms with Gasteiger partial charge in [0, 0.05) is 17.8 Å². The highest BCUT2D eigenvalue weighted by Crippen LogP contribution is 2.78. The van der Waals surface area contributed by atoms with Crippen molar-refractivity contribution in [1.29, 1.82) is 0 Å². The van der Waals surface area contributed by atoms with Crippen molar-refractivity contribution in [3.8, 4) is 0 Å². The van der Waals surface area contributed by atoms with Crippen molar-refractivity contribution >= 4 is 5.78 Å². The molecule has 9 nitrogen and oxygen atoms in total. The number of carbonyl (C=O) groups is 1. The Morgan fingerprint density at radius 3 is 2.11 bits per heavy atom. The lowest BCUT2D eigenvalue weighted by Gasteiger charge is -2.74. The SMILES string of the molecule is CC1(C)C(=O)CC[C@]2(C)[C@H]3CC(O)[C@@H]4[C@@]5(C)CC[C@](O)(C(C)(C)O)[C@@H]5[C@@H](O[C@H]5OC[C@H](O)[C@H](O)[C@H]5O)C[C@@]4(C)[C@]3(C)CC[C@@H]12. The molecule has 6 rings (SSSR count). The van der Waals surface area contributed by atoms with Crippen LogP contribution in [0, 0.1) is 50.7 Å². The molecular weight excluding hydrogens is 564 g/mol. The first kappa shape index (κ1) is 33.3. The van der Waals surface area contributed by atoms with E-state index in [0.29, 0.717) is 37.9 Å². The lowest BCUT2D eigenvalue weighted by atomic mass is 9.31. The Kier molecular flexibility index (Phi) is 7.51. The molecule has 5 aliphatic carbocycles. The third kappa shape index (κ3) is 4.09. The fourth-order valence-electron chi connectivity index (χ4n) is 13.1. The average Bonchev–Trinajstić information content (AvgIpc) is 3.20. The van der Waals surface area contributed by atoms with E-state index in [-0.39, 0.29) is 35.2 Å². The molecule has 0 amide bonds. The first-order valence-electron chi connectivity index (χ1n) is 17.1. The summed E-state index contributed by atoms with van der Waals surface area (Å²) in [7, 11) is 0. The molecule has 0 aromatic carbocycles. The molecule has 9 heteroatoms. The van der Waals surface area contributed by atoms with Gasteiger partial charge in [-0.15, -0.1) is 0 Å². The second-order valence-corrected chi connectivity index (χ2v) is 18.0. The van der Waals surface area contributed by atoms with Gasteiger partial charge in [0.25, 0.3) is 0 Å². The lowest BCUT2D eigenvalue weighted by molar-refractivity contribution is -0.338. The third-order valence-corrected chi connectivity index (χ3v) is 15.4. The standard InChI is InChI=1S/C35H58O9/c1-29(2)21-9-12-33(7)22(31(21,5)11-10-23(29)38)15-18(36)26-32(6)13-14-35(42,30(3,4)41)27(32)20(16-34(26,33)8)44-28-25(40)24(39)19(37)17-43-28/h18-22,24-28,36-37,39-42H,9-17H2,1-8H3/t18?,19-,20-,21-,22+,24-,25+,26+,27+,28+,31-,32+,33+,34+,35+/m0/s1. The quantitative estimate of drug-likeness (QED) is 0.261. The van der Waals surface area contributed by atoms with Gasteiger partial charge >= 0.3 is 0 Å². The summed E-state index contributed by atoms with van der Waals surface area (Å²) < 4.78 is 12.4. The van der Waals surface area contributed by atoms with Crippen LogP contribution in [0.3, 0.4) is 0 Å². The summed E-state index contributed by atoms with van der Waals surface area (Å²) in [5, 5.41) is 67.6. The van der Waals surface area contributed by atoms with E-state index in [1.165, 1.54) is 0 Å². The normalized spacial score (nSPS) is 57.2. The number of aliphatic hydroxyl groups excluding tert-OH is 4. The molecule has 1 saturated heterocycles. The first-order chi connectivity index (χ1) is 20.1.